The van der Waals surface area contributed by atoms with Crippen LogP contribution in [0.4, 0.5) is 0 Å². The zero-order valence-electron chi connectivity index (χ0n) is 12.5. The van der Waals surface area contributed by atoms with Crippen molar-refractivity contribution < 1.29 is 17.8 Å². The van der Waals surface area contributed by atoms with Gasteiger partial charge in [-0.15, -0.1) is 0 Å². The van der Waals surface area contributed by atoms with E-state index in [-0.39, 0.29) is 16.2 Å². The lowest BCUT2D eigenvalue weighted by atomic mass is 9.94. The van der Waals surface area contributed by atoms with Crippen molar-refractivity contribution in [2.75, 3.05) is 0 Å². The molecule has 1 aromatic rings. The van der Waals surface area contributed by atoms with Crippen molar-refractivity contribution in [2.24, 2.45) is 0 Å². The van der Waals surface area contributed by atoms with Gasteiger partial charge in [0.1, 0.15) is 4.90 Å². The van der Waals surface area contributed by atoms with Gasteiger partial charge in [-0.25, -0.2) is 0 Å². The second-order valence-corrected chi connectivity index (χ2v) is 6.56. The molecular formula is C15H22O4S. The molecule has 20 heavy (non-hydrogen) atoms. The van der Waals surface area contributed by atoms with Gasteiger partial charge in [-0.05, 0) is 49.9 Å². The third-order valence-corrected chi connectivity index (χ3v) is 4.56. The number of hydrogen-bond donors (Lipinski definition) is 1. The van der Waals surface area contributed by atoms with Crippen LogP contribution >= 0.6 is 0 Å². The van der Waals surface area contributed by atoms with Crippen molar-refractivity contribution in [3.8, 4) is 0 Å². The minimum absolute atomic E-state index is 0.145. The summed E-state index contributed by atoms with van der Waals surface area (Å²) >= 11 is 0. The molecule has 0 saturated heterocycles. The summed E-state index contributed by atoms with van der Waals surface area (Å²) in [5.74, 6) is -0.216. The number of carbonyl (C=O) groups excluding carboxylic acids is 1. The van der Waals surface area contributed by atoms with Crippen LogP contribution in [0.25, 0.3) is 0 Å². The summed E-state index contributed by atoms with van der Waals surface area (Å²) in [6, 6.07) is 1.38. The number of rotatable bonds is 6. The fourth-order valence-corrected chi connectivity index (χ4v) is 3.11. The average Bonchev–Trinajstić information content (AvgIpc) is 2.34. The van der Waals surface area contributed by atoms with Crippen LogP contribution in [0.5, 0.6) is 0 Å². The van der Waals surface area contributed by atoms with Gasteiger partial charge < -0.3 is 0 Å². The highest BCUT2D eigenvalue weighted by atomic mass is 32.2. The van der Waals surface area contributed by atoms with Gasteiger partial charge in [0.05, 0.1) is 0 Å². The second kappa shape index (κ2) is 6.50. The smallest absolute Gasteiger partial charge is 0.294 e. The third-order valence-electron chi connectivity index (χ3n) is 3.69. The number of Topliss-reactive ketones (excluding diaryl/α,β-unsaturated/α-hetero) is 1. The van der Waals surface area contributed by atoms with Crippen molar-refractivity contribution in [3.63, 3.8) is 0 Å². The number of benzene rings is 1. The van der Waals surface area contributed by atoms with Gasteiger partial charge in [0.15, 0.2) is 5.78 Å². The predicted octanol–water partition coefficient (Wildman–Crippen LogP) is 3.62. The van der Waals surface area contributed by atoms with Crippen LogP contribution in [0.15, 0.2) is 11.0 Å². The Kier molecular flexibility index (Phi) is 5.48. The summed E-state index contributed by atoms with van der Waals surface area (Å²) in [7, 11) is -4.39. The van der Waals surface area contributed by atoms with Gasteiger partial charge in [-0.3, -0.25) is 9.35 Å². The highest BCUT2D eigenvalue weighted by Gasteiger charge is 2.24. The molecule has 0 aromatic heterocycles. The molecule has 0 heterocycles. The molecule has 4 nitrogen and oxygen atoms in total. The van der Waals surface area contributed by atoms with Crippen molar-refractivity contribution in [3.05, 3.63) is 28.3 Å². The number of carbonyl (C=O) groups is 1. The Labute approximate surface area is 121 Å². The molecule has 0 amide bonds. The topological polar surface area (TPSA) is 71.4 Å². The lowest BCUT2D eigenvalue weighted by molar-refractivity contribution is 0.0975. The molecule has 1 N–H and O–H groups in total. The van der Waals surface area contributed by atoms with E-state index in [1.54, 1.807) is 13.8 Å². The van der Waals surface area contributed by atoms with E-state index in [0.29, 0.717) is 12.0 Å². The normalized spacial score (nSPS) is 11.7. The van der Waals surface area contributed by atoms with Crippen molar-refractivity contribution in [2.45, 2.75) is 58.3 Å². The predicted molar refractivity (Wildman–Crippen MR) is 78.9 cm³/mol. The zero-order valence-corrected chi connectivity index (χ0v) is 13.3. The first kappa shape index (κ1) is 16.9. The molecule has 0 radical (unpaired) electrons. The first-order valence-electron chi connectivity index (χ1n) is 6.81. The molecule has 0 unspecified atom stereocenters. The van der Waals surface area contributed by atoms with Crippen LogP contribution in [0.3, 0.4) is 0 Å². The molecule has 0 saturated carbocycles. The van der Waals surface area contributed by atoms with Gasteiger partial charge in [0.2, 0.25) is 0 Å². The lowest BCUT2D eigenvalue weighted by Crippen LogP contribution is -2.13. The van der Waals surface area contributed by atoms with Gasteiger partial charge in [-0.2, -0.15) is 8.42 Å². The first-order chi connectivity index (χ1) is 9.20. The summed E-state index contributed by atoms with van der Waals surface area (Å²) in [4.78, 5) is 12.0. The van der Waals surface area contributed by atoms with Gasteiger partial charge >= 0.3 is 0 Å². The van der Waals surface area contributed by atoms with Crippen LogP contribution < -0.4 is 0 Å². The Balaban J connectivity index is 3.36. The molecule has 0 aliphatic rings. The Morgan fingerprint density at radius 2 is 1.75 bits per heavy atom. The third kappa shape index (κ3) is 3.67. The number of aryl methyl sites for hydroxylation is 1. The van der Waals surface area contributed by atoms with E-state index >= 15 is 0 Å². The SMILES string of the molecule is CCCCCC(=O)c1c(S(=O)(=O)O)cc(C)c(C)c1C. The Bertz CT molecular complexity index is 615. The van der Waals surface area contributed by atoms with E-state index < -0.39 is 10.1 Å². The maximum atomic E-state index is 12.3. The molecule has 0 spiro atoms. The Morgan fingerprint density at radius 3 is 2.25 bits per heavy atom. The highest BCUT2D eigenvalue weighted by molar-refractivity contribution is 7.86. The van der Waals surface area contributed by atoms with E-state index in [2.05, 4.69) is 0 Å². The maximum Gasteiger partial charge on any atom is 0.295 e. The number of hydrogen-bond acceptors (Lipinski definition) is 3. The quantitative estimate of drug-likeness (QED) is 0.494. The molecule has 0 atom stereocenters. The monoisotopic (exact) mass is 298 g/mol. The summed E-state index contributed by atoms with van der Waals surface area (Å²) in [6.07, 6.45) is 2.95. The molecule has 0 fully saturated rings. The fourth-order valence-electron chi connectivity index (χ4n) is 2.26. The second-order valence-electron chi connectivity index (χ2n) is 5.17. The molecule has 0 aliphatic heterocycles. The van der Waals surface area contributed by atoms with Gasteiger partial charge in [-0.1, -0.05) is 19.8 Å². The molecular weight excluding hydrogens is 276 g/mol. The first-order valence-corrected chi connectivity index (χ1v) is 8.25. The molecule has 0 bridgehead atoms. The molecule has 112 valence electrons. The van der Waals surface area contributed by atoms with Gasteiger partial charge in [0.25, 0.3) is 10.1 Å². The molecule has 5 heteroatoms. The van der Waals surface area contributed by atoms with Crippen LogP contribution in [-0.2, 0) is 10.1 Å². The minimum Gasteiger partial charge on any atom is -0.294 e. The lowest BCUT2D eigenvalue weighted by Gasteiger charge is -2.14. The zero-order chi connectivity index (χ0) is 15.5. The number of ketones is 1. The highest BCUT2D eigenvalue weighted by Crippen LogP contribution is 2.27. The molecule has 1 rings (SSSR count). The summed E-state index contributed by atoms with van der Waals surface area (Å²) < 4.78 is 32.4. The van der Waals surface area contributed by atoms with E-state index in [4.69, 9.17) is 0 Å². The summed E-state index contributed by atoms with van der Waals surface area (Å²) in [5.41, 5.74) is 2.42. The van der Waals surface area contributed by atoms with Crippen molar-refractivity contribution >= 4 is 15.9 Å². The van der Waals surface area contributed by atoms with Crippen LogP contribution in [0, 0.1) is 20.8 Å². The summed E-state index contributed by atoms with van der Waals surface area (Å²) in [6.45, 7) is 7.38. The number of unbranched alkanes of at least 4 members (excludes halogenated alkanes) is 2. The Hall–Kier alpha value is -1.20. The standard InChI is InChI=1S/C15H22O4S/c1-5-6-7-8-13(16)15-12(4)11(3)10(2)9-14(15)20(17,18)19/h9H,5-8H2,1-4H3,(H,17,18,19). The Morgan fingerprint density at radius 1 is 1.15 bits per heavy atom. The van der Waals surface area contributed by atoms with Crippen molar-refractivity contribution in [1.82, 2.24) is 0 Å². The van der Waals surface area contributed by atoms with Crippen LogP contribution in [0.2, 0.25) is 0 Å². The summed E-state index contributed by atoms with van der Waals surface area (Å²) in [5, 5.41) is 0. The van der Waals surface area contributed by atoms with E-state index in [9.17, 15) is 17.8 Å². The van der Waals surface area contributed by atoms with Gasteiger partial charge in [0, 0.05) is 12.0 Å². The maximum absolute atomic E-state index is 12.3. The van der Waals surface area contributed by atoms with E-state index in [1.807, 2.05) is 13.8 Å². The van der Waals surface area contributed by atoms with Crippen molar-refractivity contribution in [1.29, 1.82) is 0 Å². The minimum atomic E-state index is -4.39. The molecule has 1 aromatic carbocycles. The fraction of sp³-hybridized carbons (Fsp3) is 0.533. The van der Waals surface area contributed by atoms with E-state index in [1.165, 1.54) is 6.07 Å². The van der Waals surface area contributed by atoms with Crippen LogP contribution in [0.1, 0.15) is 59.7 Å². The van der Waals surface area contributed by atoms with E-state index in [0.717, 1.165) is 30.4 Å². The largest absolute Gasteiger partial charge is 0.295 e. The van der Waals surface area contributed by atoms with Crippen LogP contribution in [-0.4, -0.2) is 18.8 Å². The molecule has 0 aliphatic carbocycles. The average molecular weight is 298 g/mol.